The van der Waals surface area contributed by atoms with Crippen molar-refractivity contribution in [2.45, 2.75) is 13.0 Å². The second-order valence-electron chi connectivity index (χ2n) is 3.78. The van der Waals surface area contributed by atoms with E-state index in [1.54, 1.807) is 0 Å². The lowest BCUT2D eigenvalue weighted by atomic mass is 10.0. The molecule has 1 aromatic carbocycles. The van der Waals surface area contributed by atoms with Gasteiger partial charge in [-0.3, -0.25) is 4.79 Å². The summed E-state index contributed by atoms with van der Waals surface area (Å²) >= 11 is 0. The monoisotopic (exact) mass is 266 g/mol. The number of benzene rings is 1. The summed E-state index contributed by atoms with van der Waals surface area (Å²) in [4.78, 5) is 22.2. The number of hydrogen-bond donors (Lipinski definition) is 3. The molecule has 6 nitrogen and oxygen atoms in total. The fraction of sp³-hybridized carbons (Fsp3) is 0.231. The van der Waals surface area contributed by atoms with E-state index >= 15 is 0 Å². The maximum Gasteiger partial charge on any atom is 0.338 e. The number of esters is 1. The van der Waals surface area contributed by atoms with Gasteiger partial charge in [-0.15, -0.1) is 0 Å². The maximum absolute atomic E-state index is 11.2. The van der Waals surface area contributed by atoms with Crippen LogP contribution in [0.5, 0.6) is 11.5 Å². The minimum Gasteiger partial charge on any atom is -0.507 e. The van der Waals surface area contributed by atoms with Crippen molar-refractivity contribution in [3.05, 3.63) is 29.3 Å². The first-order valence-electron chi connectivity index (χ1n) is 5.38. The second kappa shape index (κ2) is 6.01. The van der Waals surface area contributed by atoms with Crippen LogP contribution in [0.1, 0.15) is 22.8 Å². The van der Waals surface area contributed by atoms with Crippen LogP contribution in [0, 0.1) is 0 Å². The molecule has 1 aromatic rings. The van der Waals surface area contributed by atoms with Crippen molar-refractivity contribution in [1.29, 1.82) is 0 Å². The van der Waals surface area contributed by atoms with Gasteiger partial charge < -0.3 is 20.1 Å². The lowest BCUT2D eigenvalue weighted by Crippen LogP contribution is -2.18. The van der Waals surface area contributed by atoms with E-state index in [-0.39, 0.29) is 22.7 Å². The van der Waals surface area contributed by atoms with Crippen LogP contribution >= 0.6 is 0 Å². The average molecular weight is 266 g/mol. The Morgan fingerprint density at radius 1 is 1.32 bits per heavy atom. The van der Waals surface area contributed by atoms with Crippen molar-refractivity contribution in [3.63, 3.8) is 0 Å². The van der Waals surface area contributed by atoms with Gasteiger partial charge in [-0.25, -0.2) is 4.79 Å². The number of methoxy groups -OCH3 is 1. The molecule has 0 unspecified atom stereocenters. The van der Waals surface area contributed by atoms with E-state index in [4.69, 9.17) is 0 Å². The number of carbonyl (C=O) groups excluding carboxylic acids is 2. The summed E-state index contributed by atoms with van der Waals surface area (Å²) in [6, 6.07) is 2.52. The summed E-state index contributed by atoms with van der Waals surface area (Å²) in [5.41, 5.74) is -0.0272. The number of phenols is 2. The molecule has 0 aromatic heterocycles. The molecule has 0 heterocycles. The van der Waals surface area contributed by atoms with Crippen molar-refractivity contribution in [3.8, 4) is 11.5 Å². The summed E-state index contributed by atoms with van der Waals surface area (Å²) in [5.74, 6) is -1.95. The molecular weight excluding hydrogens is 252 g/mol. The van der Waals surface area contributed by atoms with E-state index in [1.807, 2.05) is 0 Å². The lowest BCUT2D eigenvalue weighted by Gasteiger charge is -2.07. The first-order chi connectivity index (χ1) is 8.88. The molecule has 0 aliphatic rings. The molecule has 0 aliphatic heterocycles. The first-order valence-corrected chi connectivity index (χ1v) is 5.38. The van der Waals surface area contributed by atoms with E-state index in [9.17, 15) is 24.9 Å². The van der Waals surface area contributed by atoms with Crippen LogP contribution in [0.3, 0.4) is 0 Å². The number of aliphatic hydroxyl groups excluding tert-OH is 1. The molecule has 102 valence electrons. The van der Waals surface area contributed by atoms with E-state index < -0.39 is 17.8 Å². The molecule has 0 aliphatic carbocycles. The fourth-order valence-corrected chi connectivity index (χ4v) is 1.43. The summed E-state index contributed by atoms with van der Waals surface area (Å²) in [7, 11) is 1.12. The molecule has 0 saturated carbocycles. The Kier molecular flexibility index (Phi) is 4.66. The number of hydrogen-bond acceptors (Lipinski definition) is 6. The Morgan fingerprint density at radius 2 is 1.95 bits per heavy atom. The number of carbonyl (C=O) groups is 2. The van der Waals surface area contributed by atoms with Gasteiger partial charge >= 0.3 is 5.97 Å². The van der Waals surface area contributed by atoms with Gasteiger partial charge in [0.05, 0.1) is 18.2 Å². The van der Waals surface area contributed by atoms with E-state index in [1.165, 1.54) is 19.1 Å². The lowest BCUT2D eigenvalue weighted by molar-refractivity contribution is -0.147. The maximum atomic E-state index is 11.2. The minimum absolute atomic E-state index is 0.0324. The van der Waals surface area contributed by atoms with E-state index in [2.05, 4.69) is 4.74 Å². The van der Waals surface area contributed by atoms with Gasteiger partial charge in [0.2, 0.25) is 0 Å². The van der Waals surface area contributed by atoms with Crippen molar-refractivity contribution >= 4 is 17.8 Å². The normalized spacial score (nSPS) is 12.4. The van der Waals surface area contributed by atoms with Gasteiger partial charge in [0, 0.05) is 0 Å². The molecule has 3 N–H and O–H groups in total. The molecule has 0 radical (unpaired) electrons. The number of ketones is 1. The van der Waals surface area contributed by atoms with Crippen LogP contribution < -0.4 is 0 Å². The van der Waals surface area contributed by atoms with Gasteiger partial charge in [0.1, 0.15) is 11.5 Å². The van der Waals surface area contributed by atoms with Crippen molar-refractivity contribution in [2.24, 2.45) is 0 Å². The molecule has 0 fully saturated rings. The molecule has 19 heavy (non-hydrogen) atoms. The first kappa shape index (κ1) is 14.7. The van der Waals surface area contributed by atoms with Crippen molar-refractivity contribution in [2.75, 3.05) is 7.11 Å². The summed E-state index contributed by atoms with van der Waals surface area (Å²) in [5, 5.41) is 28.8. The standard InChI is InChI=1S/C13H14O6/c1-7(14)8-3-5-10(15)9(12(8)17)4-6-11(16)13(18)19-2/h3-6,11,15-17H,1-2H3/b6-4+/t11-/m1/s1. The van der Waals surface area contributed by atoms with Gasteiger partial charge in [-0.05, 0) is 31.2 Å². The van der Waals surface area contributed by atoms with Crippen LogP contribution in [0.2, 0.25) is 0 Å². The smallest absolute Gasteiger partial charge is 0.338 e. The topological polar surface area (TPSA) is 104 Å². The van der Waals surface area contributed by atoms with Crippen LogP contribution in [0.25, 0.3) is 6.08 Å². The highest BCUT2D eigenvalue weighted by atomic mass is 16.5. The van der Waals surface area contributed by atoms with Crippen LogP contribution in [-0.4, -0.2) is 40.3 Å². The molecule has 0 bridgehead atoms. The van der Waals surface area contributed by atoms with E-state index in [0.29, 0.717) is 0 Å². The van der Waals surface area contributed by atoms with E-state index in [0.717, 1.165) is 19.3 Å². The number of phenolic OH excluding ortho intramolecular Hbond substituents is 2. The number of aliphatic hydroxyl groups is 1. The highest BCUT2D eigenvalue weighted by Crippen LogP contribution is 2.32. The third-order valence-corrected chi connectivity index (χ3v) is 2.46. The molecule has 0 saturated heterocycles. The van der Waals surface area contributed by atoms with Crippen molar-refractivity contribution in [1.82, 2.24) is 0 Å². The number of rotatable bonds is 4. The Hall–Kier alpha value is -2.34. The Morgan fingerprint density at radius 3 is 2.47 bits per heavy atom. The molecule has 1 atom stereocenters. The van der Waals surface area contributed by atoms with Gasteiger partial charge in [-0.1, -0.05) is 0 Å². The molecule has 0 amide bonds. The predicted molar refractivity (Wildman–Crippen MR) is 66.8 cm³/mol. The van der Waals surface area contributed by atoms with Crippen molar-refractivity contribution < 1.29 is 29.6 Å². The summed E-state index contributed by atoms with van der Waals surface area (Å²) in [6.45, 7) is 1.27. The quantitative estimate of drug-likeness (QED) is 0.551. The molecular formula is C13H14O6. The molecule has 1 rings (SSSR count). The zero-order chi connectivity index (χ0) is 14.6. The molecule has 6 heteroatoms. The third-order valence-electron chi connectivity index (χ3n) is 2.46. The van der Waals surface area contributed by atoms with Crippen LogP contribution in [-0.2, 0) is 9.53 Å². The summed E-state index contributed by atoms with van der Waals surface area (Å²) in [6.07, 6.45) is 0.647. The average Bonchev–Trinajstić information content (AvgIpc) is 2.36. The van der Waals surface area contributed by atoms with Gasteiger partial charge in [0.25, 0.3) is 0 Å². The largest absolute Gasteiger partial charge is 0.507 e. The number of aromatic hydroxyl groups is 2. The number of ether oxygens (including phenoxy) is 1. The highest BCUT2D eigenvalue weighted by Gasteiger charge is 2.15. The van der Waals surface area contributed by atoms with Crippen LogP contribution in [0.15, 0.2) is 18.2 Å². The highest BCUT2D eigenvalue weighted by molar-refractivity contribution is 5.98. The summed E-state index contributed by atoms with van der Waals surface area (Å²) < 4.78 is 4.30. The zero-order valence-corrected chi connectivity index (χ0v) is 10.5. The Bertz CT molecular complexity index is 532. The second-order valence-corrected chi connectivity index (χ2v) is 3.78. The Balaban J connectivity index is 3.14. The third kappa shape index (κ3) is 3.32. The zero-order valence-electron chi connectivity index (χ0n) is 10.5. The molecule has 0 spiro atoms. The minimum atomic E-state index is -1.52. The number of Topliss-reactive ketones (excluding diaryl/α,β-unsaturated/α-hetero) is 1. The van der Waals surface area contributed by atoms with Gasteiger partial charge in [0.15, 0.2) is 11.9 Å². The SMILES string of the molecule is COC(=O)[C@H](O)/C=C/c1c(O)ccc(C(C)=O)c1O. The van der Waals surface area contributed by atoms with Crippen LogP contribution in [0.4, 0.5) is 0 Å². The predicted octanol–water partition coefficient (Wildman–Crippen LogP) is 0.847. The van der Waals surface area contributed by atoms with Gasteiger partial charge in [-0.2, -0.15) is 0 Å². The Labute approximate surface area is 109 Å². The fourth-order valence-electron chi connectivity index (χ4n) is 1.43.